The van der Waals surface area contributed by atoms with Crippen molar-refractivity contribution in [3.63, 3.8) is 0 Å². The van der Waals surface area contributed by atoms with Crippen molar-refractivity contribution in [1.29, 1.82) is 0 Å². The van der Waals surface area contributed by atoms with Crippen LogP contribution >= 0.6 is 27.3 Å². The maximum absolute atomic E-state index is 11.9. The SMILES string of the molecule is CC(C)C(CO)(CNC(=O)OC(C)(C)C)Cc1cc(Br)cs1. The summed E-state index contributed by atoms with van der Waals surface area (Å²) in [4.78, 5) is 13.1. The number of amides is 1. The highest BCUT2D eigenvalue weighted by Crippen LogP contribution is 2.34. The summed E-state index contributed by atoms with van der Waals surface area (Å²) in [5.74, 6) is 0.216. The number of rotatable bonds is 6. The first kappa shape index (κ1) is 19.5. The minimum absolute atomic E-state index is 0.00990. The quantitative estimate of drug-likeness (QED) is 0.763. The van der Waals surface area contributed by atoms with Crippen molar-refractivity contribution < 1.29 is 14.6 Å². The molecule has 0 saturated carbocycles. The van der Waals surface area contributed by atoms with Crippen LogP contribution in [-0.4, -0.2) is 30.0 Å². The Labute approximate surface area is 145 Å². The number of aliphatic hydroxyl groups excluding tert-OH is 1. The number of alkyl carbamates (subject to hydrolysis) is 1. The number of aliphatic hydroxyl groups is 1. The number of hydrogen-bond acceptors (Lipinski definition) is 4. The fourth-order valence-electron chi connectivity index (χ4n) is 2.12. The van der Waals surface area contributed by atoms with Gasteiger partial charge in [0.2, 0.25) is 0 Å². The molecular weight excluding hydrogens is 366 g/mol. The van der Waals surface area contributed by atoms with E-state index in [-0.39, 0.29) is 12.5 Å². The van der Waals surface area contributed by atoms with E-state index < -0.39 is 17.1 Å². The number of carbonyl (C=O) groups excluding carboxylic acids is 1. The van der Waals surface area contributed by atoms with Gasteiger partial charge in [0.1, 0.15) is 5.60 Å². The second-order valence-corrected chi connectivity index (χ2v) is 8.85. The van der Waals surface area contributed by atoms with Crippen LogP contribution in [0.15, 0.2) is 15.9 Å². The van der Waals surface area contributed by atoms with Gasteiger partial charge in [-0.15, -0.1) is 11.3 Å². The van der Waals surface area contributed by atoms with Gasteiger partial charge in [-0.1, -0.05) is 13.8 Å². The summed E-state index contributed by atoms with van der Waals surface area (Å²) < 4.78 is 6.32. The molecule has 0 aromatic carbocycles. The summed E-state index contributed by atoms with van der Waals surface area (Å²) in [6.45, 7) is 10.0. The molecule has 0 spiro atoms. The Kier molecular flexibility index (Phi) is 6.89. The molecule has 0 fully saturated rings. The van der Waals surface area contributed by atoms with Gasteiger partial charge in [0.25, 0.3) is 0 Å². The van der Waals surface area contributed by atoms with E-state index >= 15 is 0 Å². The molecule has 0 bridgehead atoms. The predicted molar refractivity (Wildman–Crippen MR) is 94.3 cm³/mol. The van der Waals surface area contributed by atoms with Crippen LogP contribution in [0.4, 0.5) is 4.79 Å². The van der Waals surface area contributed by atoms with E-state index in [4.69, 9.17) is 4.74 Å². The molecule has 0 aliphatic carbocycles. The number of thiophene rings is 1. The molecule has 0 aliphatic rings. The van der Waals surface area contributed by atoms with Crippen molar-refractivity contribution in [2.45, 2.75) is 46.6 Å². The fraction of sp³-hybridized carbons (Fsp3) is 0.688. The van der Waals surface area contributed by atoms with Crippen molar-refractivity contribution in [3.8, 4) is 0 Å². The number of ether oxygens (including phenoxy) is 1. The van der Waals surface area contributed by atoms with E-state index in [1.807, 2.05) is 26.2 Å². The van der Waals surface area contributed by atoms with Crippen molar-refractivity contribution >= 4 is 33.4 Å². The van der Waals surface area contributed by atoms with Crippen molar-refractivity contribution in [1.82, 2.24) is 5.32 Å². The van der Waals surface area contributed by atoms with E-state index in [2.05, 4.69) is 41.2 Å². The van der Waals surface area contributed by atoms with Gasteiger partial charge >= 0.3 is 6.09 Å². The molecule has 2 N–H and O–H groups in total. The van der Waals surface area contributed by atoms with E-state index in [0.29, 0.717) is 13.0 Å². The van der Waals surface area contributed by atoms with E-state index in [9.17, 15) is 9.90 Å². The molecule has 126 valence electrons. The Bertz CT molecular complexity index is 496. The van der Waals surface area contributed by atoms with Gasteiger partial charge in [-0.3, -0.25) is 0 Å². The topological polar surface area (TPSA) is 58.6 Å². The minimum Gasteiger partial charge on any atom is -0.444 e. The maximum atomic E-state index is 11.9. The van der Waals surface area contributed by atoms with Crippen molar-refractivity contribution in [3.05, 3.63) is 20.8 Å². The second-order valence-electron chi connectivity index (χ2n) is 6.94. The zero-order chi connectivity index (χ0) is 17.0. The molecule has 1 rings (SSSR count). The molecule has 1 heterocycles. The number of carbonyl (C=O) groups is 1. The number of halogens is 1. The normalized spacial score (nSPS) is 14.7. The van der Waals surface area contributed by atoms with Gasteiger partial charge in [-0.25, -0.2) is 4.79 Å². The van der Waals surface area contributed by atoms with Gasteiger partial charge in [-0.05, 0) is 55.1 Å². The van der Waals surface area contributed by atoms with Gasteiger partial charge in [0.15, 0.2) is 0 Å². The maximum Gasteiger partial charge on any atom is 0.407 e. The van der Waals surface area contributed by atoms with Crippen LogP contribution in [0.3, 0.4) is 0 Å². The molecule has 1 aromatic heterocycles. The lowest BCUT2D eigenvalue weighted by molar-refractivity contribution is 0.0396. The molecule has 1 atom stereocenters. The molecule has 0 aliphatic heterocycles. The smallest absolute Gasteiger partial charge is 0.407 e. The van der Waals surface area contributed by atoms with Gasteiger partial charge in [0.05, 0.1) is 6.61 Å². The molecule has 0 saturated heterocycles. The second kappa shape index (κ2) is 7.79. The molecule has 6 heteroatoms. The highest BCUT2D eigenvalue weighted by molar-refractivity contribution is 9.10. The van der Waals surface area contributed by atoms with Gasteiger partial charge in [-0.2, -0.15) is 0 Å². The zero-order valence-corrected chi connectivity index (χ0v) is 16.3. The summed E-state index contributed by atoms with van der Waals surface area (Å²) in [7, 11) is 0. The summed E-state index contributed by atoms with van der Waals surface area (Å²) in [6.07, 6.45) is 0.270. The zero-order valence-electron chi connectivity index (χ0n) is 13.9. The van der Waals surface area contributed by atoms with Gasteiger partial charge < -0.3 is 15.2 Å². The number of hydrogen-bond donors (Lipinski definition) is 2. The lowest BCUT2D eigenvalue weighted by Crippen LogP contribution is -2.46. The Hall–Kier alpha value is -0.590. The molecule has 0 radical (unpaired) electrons. The van der Waals surface area contributed by atoms with Crippen LogP contribution in [0, 0.1) is 11.3 Å². The molecular formula is C16H26BrNO3S. The average Bonchev–Trinajstić information content (AvgIpc) is 2.77. The Morgan fingerprint density at radius 2 is 2.09 bits per heavy atom. The van der Waals surface area contributed by atoms with Gasteiger partial charge in [0, 0.05) is 26.7 Å². The predicted octanol–water partition coefficient (Wildman–Crippen LogP) is 4.21. The summed E-state index contributed by atoms with van der Waals surface area (Å²) >= 11 is 5.10. The van der Waals surface area contributed by atoms with Crippen LogP contribution in [0.5, 0.6) is 0 Å². The summed E-state index contributed by atoms with van der Waals surface area (Å²) in [5, 5.41) is 14.8. The molecule has 1 amide bonds. The van der Waals surface area contributed by atoms with Crippen LogP contribution in [0.2, 0.25) is 0 Å². The largest absolute Gasteiger partial charge is 0.444 e. The molecule has 1 unspecified atom stereocenters. The summed E-state index contributed by atoms with van der Waals surface area (Å²) in [5.41, 5.74) is -0.927. The third kappa shape index (κ3) is 5.89. The first-order valence-corrected chi connectivity index (χ1v) is 9.06. The Morgan fingerprint density at radius 1 is 1.45 bits per heavy atom. The van der Waals surface area contributed by atoms with Crippen molar-refractivity contribution in [2.75, 3.05) is 13.2 Å². The first-order valence-electron chi connectivity index (χ1n) is 7.38. The highest BCUT2D eigenvalue weighted by atomic mass is 79.9. The summed E-state index contributed by atoms with van der Waals surface area (Å²) in [6, 6.07) is 2.06. The van der Waals surface area contributed by atoms with Crippen molar-refractivity contribution in [2.24, 2.45) is 11.3 Å². The Balaban J connectivity index is 2.77. The monoisotopic (exact) mass is 391 g/mol. The van der Waals surface area contributed by atoms with Crippen LogP contribution in [0.1, 0.15) is 39.5 Å². The molecule has 4 nitrogen and oxygen atoms in total. The minimum atomic E-state index is -0.525. The third-order valence-corrected chi connectivity index (χ3v) is 5.37. The van der Waals surface area contributed by atoms with E-state index in [0.717, 1.165) is 4.47 Å². The highest BCUT2D eigenvalue weighted by Gasteiger charge is 2.35. The lowest BCUT2D eigenvalue weighted by Gasteiger charge is -2.36. The fourth-order valence-corrected chi connectivity index (χ4v) is 3.73. The first-order chi connectivity index (χ1) is 10.1. The number of nitrogens with one attached hydrogen (secondary N) is 1. The van der Waals surface area contributed by atoms with Crippen LogP contribution < -0.4 is 5.32 Å². The van der Waals surface area contributed by atoms with Crippen LogP contribution in [0.25, 0.3) is 0 Å². The Morgan fingerprint density at radius 3 is 2.50 bits per heavy atom. The molecule has 1 aromatic rings. The molecule has 22 heavy (non-hydrogen) atoms. The standard InChI is InChI=1S/C16H26BrNO3S/c1-11(2)16(10-19,7-13-6-12(17)8-22-13)9-18-14(20)21-15(3,4)5/h6,8,11,19H,7,9-10H2,1-5H3,(H,18,20). The van der Waals surface area contributed by atoms with E-state index in [1.165, 1.54) is 4.88 Å². The van der Waals surface area contributed by atoms with Crippen LogP contribution in [-0.2, 0) is 11.2 Å². The lowest BCUT2D eigenvalue weighted by atomic mass is 9.74. The average molecular weight is 392 g/mol. The third-order valence-electron chi connectivity index (χ3n) is 3.67. The van der Waals surface area contributed by atoms with E-state index in [1.54, 1.807) is 11.3 Å².